The molecule has 3 heteroatoms. The summed E-state index contributed by atoms with van der Waals surface area (Å²) in [5, 5.41) is 12.9. The predicted octanol–water partition coefficient (Wildman–Crippen LogP) is 2.61. The number of nitrogens with one attached hydrogen (secondary N) is 1. The fourth-order valence-electron chi connectivity index (χ4n) is 2.95. The van der Waals surface area contributed by atoms with Crippen LogP contribution in [-0.4, -0.2) is 31.3 Å². The van der Waals surface area contributed by atoms with E-state index in [2.05, 4.69) is 24.2 Å². The van der Waals surface area contributed by atoms with Gasteiger partial charge in [0.15, 0.2) is 0 Å². The molecule has 0 radical (unpaired) electrons. The SMILES string of the molecule is CCNC1CCCC1CN(C)c1ccc(O)cc1. The van der Waals surface area contributed by atoms with Crippen LogP contribution in [0.3, 0.4) is 0 Å². The minimum Gasteiger partial charge on any atom is -0.508 e. The number of benzene rings is 1. The lowest BCUT2D eigenvalue weighted by Crippen LogP contribution is -2.38. The molecule has 0 saturated heterocycles. The number of hydrogen-bond donors (Lipinski definition) is 2. The molecular formula is C15H24N2O. The first-order chi connectivity index (χ1) is 8.70. The van der Waals surface area contributed by atoms with Gasteiger partial charge in [-0.25, -0.2) is 0 Å². The Kier molecular flexibility index (Phi) is 4.48. The molecule has 0 heterocycles. The summed E-state index contributed by atoms with van der Waals surface area (Å²) >= 11 is 0. The van der Waals surface area contributed by atoms with Crippen molar-refractivity contribution in [2.45, 2.75) is 32.2 Å². The first-order valence-electron chi connectivity index (χ1n) is 6.94. The molecular weight excluding hydrogens is 224 g/mol. The van der Waals surface area contributed by atoms with E-state index in [4.69, 9.17) is 0 Å². The molecule has 1 aliphatic rings. The zero-order chi connectivity index (χ0) is 13.0. The Labute approximate surface area is 110 Å². The predicted molar refractivity (Wildman–Crippen MR) is 76.2 cm³/mol. The molecule has 100 valence electrons. The molecule has 2 unspecified atom stereocenters. The van der Waals surface area contributed by atoms with Crippen molar-refractivity contribution in [2.24, 2.45) is 5.92 Å². The summed E-state index contributed by atoms with van der Waals surface area (Å²) < 4.78 is 0. The van der Waals surface area contributed by atoms with Crippen molar-refractivity contribution in [3.05, 3.63) is 24.3 Å². The second-order valence-electron chi connectivity index (χ2n) is 5.25. The Balaban J connectivity index is 1.94. The summed E-state index contributed by atoms with van der Waals surface area (Å²) in [6.07, 6.45) is 3.97. The largest absolute Gasteiger partial charge is 0.508 e. The molecule has 0 bridgehead atoms. The normalized spacial score (nSPS) is 23.2. The molecule has 2 rings (SSSR count). The molecule has 0 spiro atoms. The molecule has 1 aromatic carbocycles. The lowest BCUT2D eigenvalue weighted by molar-refractivity contribution is 0.411. The maximum absolute atomic E-state index is 9.31. The molecule has 3 nitrogen and oxygen atoms in total. The molecule has 2 atom stereocenters. The third-order valence-corrected chi connectivity index (χ3v) is 3.92. The Morgan fingerprint density at radius 3 is 2.67 bits per heavy atom. The van der Waals surface area contributed by atoms with Gasteiger partial charge in [-0.1, -0.05) is 13.3 Å². The summed E-state index contributed by atoms with van der Waals surface area (Å²) in [5.74, 6) is 1.07. The van der Waals surface area contributed by atoms with Gasteiger partial charge in [-0.2, -0.15) is 0 Å². The molecule has 0 aliphatic heterocycles. The third kappa shape index (κ3) is 3.16. The van der Waals surface area contributed by atoms with E-state index in [1.807, 2.05) is 12.1 Å². The van der Waals surface area contributed by atoms with Crippen LogP contribution in [0.25, 0.3) is 0 Å². The molecule has 1 fully saturated rings. The van der Waals surface area contributed by atoms with E-state index in [0.29, 0.717) is 11.8 Å². The van der Waals surface area contributed by atoms with Crippen LogP contribution >= 0.6 is 0 Å². The van der Waals surface area contributed by atoms with Crippen molar-refractivity contribution in [3.8, 4) is 5.75 Å². The number of hydrogen-bond acceptors (Lipinski definition) is 3. The number of phenols is 1. The van der Waals surface area contributed by atoms with Crippen molar-refractivity contribution in [3.63, 3.8) is 0 Å². The first kappa shape index (κ1) is 13.2. The van der Waals surface area contributed by atoms with Gasteiger partial charge >= 0.3 is 0 Å². The zero-order valence-corrected chi connectivity index (χ0v) is 11.4. The maximum Gasteiger partial charge on any atom is 0.115 e. The molecule has 0 aromatic heterocycles. The van der Waals surface area contributed by atoms with Crippen molar-refractivity contribution in [1.82, 2.24) is 5.32 Å². The number of nitrogens with zero attached hydrogens (tertiary/aromatic N) is 1. The van der Waals surface area contributed by atoms with Gasteiger partial charge in [-0.15, -0.1) is 0 Å². The van der Waals surface area contributed by atoms with Gasteiger partial charge in [0.2, 0.25) is 0 Å². The Bertz CT molecular complexity index is 363. The first-order valence-corrected chi connectivity index (χ1v) is 6.94. The van der Waals surface area contributed by atoms with Crippen LogP contribution in [0.4, 0.5) is 5.69 Å². The van der Waals surface area contributed by atoms with Gasteiger partial charge in [-0.3, -0.25) is 0 Å². The van der Waals surface area contributed by atoms with Gasteiger partial charge in [0, 0.05) is 25.3 Å². The minimum absolute atomic E-state index is 0.332. The van der Waals surface area contributed by atoms with E-state index >= 15 is 0 Å². The highest BCUT2D eigenvalue weighted by Gasteiger charge is 2.27. The van der Waals surface area contributed by atoms with E-state index in [1.165, 1.54) is 24.9 Å². The van der Waals surface area contributed by atoms with Crippen molar-refractivity contribution in [2.75, 3.05) is 25.0 Å². The second kappa shape index (κ2) is 6.10. The summed E-state index contributed by atoms with van der Waals surface area (Å²) in [4.78, 5) is 2.29. The number of anilines is 1. The summed E-state index contributed by atoms with van der Waals surface area (Å²) in [5.41, 5.74) is 1.18. The number of phenolic OH excluding ortho intramolecular Hbond substituents is 1. The molecule has 0 amide bonds. The average molecular weight is 248 g/mol. The second-order valence-corrected chi connectivity index (χ2v) is 5.25. The highest BCUT2D eigenvalue weighted by Crippen LogP contribution is 2.28. The van der Waals surface area contributed by atoms with Gasteiger partial charge in [0.25, 0.3) is 0 Å². The molecule has 18 heavy (non-hydrogen) atoms. The van der Waals surface area contributed by atoms with Gasteiger partial charge in [-0.05, 0) is 49.6 Å². The smallest absolute Gasteiger partial charge is 0.115 e. The van der Waals surface area contributed by atoms with E-state index in [9.17, 15) is 5.11 Å². The van der Waals surface area contributed by atoms with Crippen LogP contribution in [0.2, 0.25) is 0 Å². The van der Waals surface area contributed by atoms with E-state index in [1.54, 1.807) is 12.1 Å². The van der Waals surface area contributed by atoms with Crippen molar-refractivity contribution < 1.29 is 5.11 Å². The molecule has 2 N–H and O–H groups in total. The highest BCUT2D eigenvalue weighted by atomic mass is 16.3. The lowest BCUT2D eigenvalue weighted by Gasteiger charge is -2.27. The molecule has 1 aromatic rings. The Morgan fingerprint density at radius 2 is 2.00 bits per heavy atom. The van der Waals surface area contributed by atoms with Crippen LogP contribution in [0.5, 0.6) is 5.75 Å². The van der Waals surface area contributed by atoms with Crippen LogP contribution in [0, 0.1) is 5.92 Å². The van der Waals surface area contributed by atoms with Crippen LogP contribution in [0.15, 0.2) is 24.3 Å². The van der Waals surface area contributed by atoms with Gasteiger partial charge in [0.05, 0.1) is 0 Å². The lowest BCUT2D eigenvalue weighted by atomic mass is 10.0. The van der Waals surface area contributed by atoms with Crippen molar-refractivity contribution >= 4 is 5.69 Å². The molecule has 1 saturated carbocycles. The minimum atomic E-state index is 0.332. The number of rotatable bonds is 5. The summed E-state index contributed by atoms with van der Waals surface area (Å²) in [6.45, 7) is 4.32. The molecule has 1 aliphatic carbocycles. The fraction of sp³-hybridized carbons (Fsp3) is 0.600. The van der Waals surface area contributed by atoms with Gasteiger partial charge in [0.1, 0.15) is 5.75 Å². The topological polar surface area (TPSA) is 35.5 Å². The van der Waals surface area contributed by atoms with E-state index in [-0.39, 0.29) is 0 Å². The van der Waals surface area contributed by atoms with Gasteiger partial charge < -0.3 is 15.3 Å². The maximum atomic E-state index is 9.31. The Morgan fingerprint density at radius 1 is 1.28 bits per heavy atom. The average Bonchev–Trinajstić information content (AvgIpc) is 2.78. The summed E-state index contributed by atoms with van der Waals surface area (Å²) in [7, 11) is 2.13. The third-order valence-electron chi connectivity index (χ3n) is 3.92. The zero-order valence-electron chi connectivity index (χ0n) is 11.4. The van der Waals surface area contributed by atoms with E-state index in [0.717, 1.165) is 19.0 Å². The summed E-state index contributed by atoms with van der Waals surface area (Å²) in [6, 6.07) is 8.14. The van der Waals surface area contributed by atoms with Crippen LogP contribution in [-0.2, 0) is 0 Å². The monoisotopic (exact) mass is 248 g/mol. The van der Waals surface area contributed by atoms with E-state index < -0.39 is 0 Å². The Hall–Kier alpha value is -1.22. The quantitative estimate of drug-likeness (QED) is 0.841. The van der Waals surface area contributed by atoms with Crippen LogP contribution in [0.1, 0.15) is 26.2 Å². The highest BCUT2D eigenvalue weighted by molar-refractivity contribution is 5.48. The fourth-order valence-corrected chi connectivity index (χ4v) is 2.95. The standard InChI is InChI=1S/C15H24N2O/c1-3-16-15-6-4-5-12(15)11-17(2)13-7-9-14(18)10-8-13/h7-10,12,15-16,18H,3-6,11H2,1-2H3. The number of aromatic hydroxyl groups is 1. The van der Waals surface area contributed by atoms with Crippen molar-refractivity contribution in [1.29, 1.82) is 0 Å². The van der Waals surface area contributed by atoms with Crippen LogP contribution < -0.4 is 10.2 Å².